The Balaban J connectivity index is 2.63. The molecule has 0 aliphatic carbocycles. The molecule has 20 heavy (non-hydrogen) atoms. The Kier molecular flexibility index (Phi) is 4.03. The SMILES string of the molecule is CCOC(=O)c1c(C)oc(-c2ccccc2)c1C(C)=O. The number of benzene rings is 1. The van der Waals surface area contributed by atoms with Gasteiger partial charge in [0.2, 0.25) is 0 Å². The number of hydrogen-bond acceptors (Lipinski definition) is 4. The Morgan fingerprint density at radius 1 is 1.15 bits per heavy atom. The Bertz CT molecular complexity index is 638. The number of carbonyl (C=O) groups is 2. The molecule has 0 unspecified atom stereocenters. The molecule has 0 saturated carbocycles. The van der Waals surface area contributed by atoms with E-state index in [1.807, 2.05) is 30.3 Å². The smallest absolute Gasteiger partial charge is 0.342 e. The maximum atomic E-state index is 12.0. The van der Waals surface area contributed by atoms with Crippen LogP contribution in [0.4, 0.5) is 0 Å². The molecule has 2 aromatic rings. The van der Waals surface area contributed by atoms with Gasteiger partial charge in [-0.25, -0.2) is 4.79 Å². The van der Waals surface area contributed by atoms with Crippen molar-refractivity contribution in [2.24, 2.45) is 0 Å². The van der Waals surface area contributed by atoms with Gasteiger partial charge < -0.3 is 9.15 Å². The molecule has 0 fully saturated rings. The second-order valence-corrected chi connectivity index (χ2v) is 4.38. The minimum atomic E-state index is -0.527. The summed E-state index contributed by atoms with van der Waals surface area (Å²) in [7, 11) is 0. The molecule has 0 radical (unpaired) electrons. The molecule has 0 aliphatic heterocycles. The van der Waals surface area contributed by atoms with E-state index in [2.05, 4.69) is 0 Å². The molecule has 0 aliphatic rings. The van der Waals surface area contributed by atoms with Gasteiger partial charge in [0.15, 0.2) is 5.78 Å². The number of aryl methyl sites for hydroxylation is 1. The van der Waals surface area contributed by atoms with Crippen molar-refractivity contribution in [1.29, 1.82) is 0 Å². The molecule has 104 valence electrons. The minimum Gasteiger partial charge on any atom is -0.462 e. The summed E-state index contributed by atoms with van der Waals surface area (Å²) in [5, 5.41) is 0. The van der Waals surface area contributed by atoms with E-state index in [4.69, 9.17) is 9.15 Å². The van der Waals surface area contributed by atoms with Gasteiger partial charge >= 0.3 is 5.97 Å². The summed E-state index contributed by atoms with van der Waals surface area (Å²) < 4.78 is 10.6. The van der Waals surface area contributed by atoms with Crippen LogP contribution in [0, 0.1) is 6.92 Å². The third-order valence-corrected chi connectivity index (χ3v) is 2.95. The van der Waals surface area contributed by atoms with Crippen LogP contribution in [-0.4, -0.2) is 18.4 Å². The highest BCUT2D eigenvalue weighted by atomic mass is 16.5. The molecule has 0 saturated heterocycles. The number of hydrogen-bond donors (Lipinski definition) is 0. The second kappa shape index (κ2) is 5.74. The first-order chi connectivity index (χ1) is 9.56. The van der Waals surface area contributed by atoms with Crippen LogP contribution in [0.5, 0.6) is 0 Å². The summed E-state index contributed by atoms with van der Waals surface area (Å²) in [6.07, 6.45) is 0. The van der Waals surface area contributed by atoms with Crippen molar-refractivity contribution in [2.45, 2.75) is 20.8 Å². The van der Waals surface area contributed by atoms with E-state index in [0.29, 0.717) is 11.5 Å². The molecule has 1 heterocycles. The average molecular weight is 272 g/mol. The van der Waals surface area contributed by atoms with Gasteiger partial charge in [-0.3, -0.25) is 4.79 Å². The molecular weight excluding hydrogens is 256 g/mol. The number of esters is 1. The van der Waals surface area contributed by atoms with Crippen molar-refractivity contribution in [3.05, 3.63) is 47.2 Å². The van der Waals surface area contributed by atoms with Gasteiger partial charge in [0.05, 0.1) is 12.2 Å². The summed E-state index contributed by atoms with van der Waals surface area (Å²) in [5.41, 5.74) is 1.27. The average Bonchev–Trinajstić information content (AvgIpc) is 2.78. The highest BCUT2D eigenvalue weighted by Gasteiger charge is 2.27. The van der Waals surface area contributed by atoms with Crippen molar-refractivity contribution in [3.63, 3.8) is 0 Å². The van der Waals surface area contributed by atoms with Crippen LogP contribution in [-0.2, 0) is 4.74 Å². The van der Waals surface area contributed by atoms with E-state index in [-0.39, 0.29) is 23.5 Å². The molecular formula is C16H16O4. The van der Waals surface area contributed by atoms with Crippen LogP contribution < -0.4 is 0 Å². The fourth-order valence-corrected chi connectivity index (χ4v) is 2.12. The van der Waals surface area contributed by atoms with Crippen LogP contribution in [0.3, 0.4) is 0 Å². The Labute approximate surface area is 117 Å². The van der Waals surface area contributed by atoms with Crippen LogP contribution in [0.1, 0.15) is 40.3 Å². The number of ether oxygens (including phenoxy) is 1. The zero-order chi connectivity index (χ0) is 14.7. The molecule has 1 aromatic carbocycles. The summed E-state index contributed by atoms with van der Waals surface area (Å²) in [6, 6.07) is 9.24. The van der Waals surface area contributed by atoms with Crippen LogP contribution in [0.15, 0.2) is 34.7 Å². The molecule has 0 spiro atoms. The molecule has 0 N–H and O–H groups in total. The summed E-state index contributed by atoms with van der Waals surface area (Å²) in [4.78, 5) is 23.9. The lowest BCUT2D eigenvalue weighted by Crippen LogP contribution is -2.10. The van der Waals surface area contributed by atoms with E-state index < -0.39 is 5.97 Å². The molecule has 1 aromatic heterocycles. The van der Waals surface area contributed by atoms with E-state index in [9.17, 15) is 9.59 Å². The summed E-state index contributed by atoms with van der Waals surface area (Å²) in [6.45, 7) is 5.05. The van der Waals surface area contributed by atoms with Crippen LogP contribution in [0.25, 0.3) is 11.3 Å². The lowest BCUT2D eigenvalue weighted by Gasteiger charge is -2.03. The van der Waals surface area contributed by atoms with Crippen molar-refractivity contribution in [3.8, 4) is 11.3 Å². The van der Waals surface area contributed by atoms with Crippen molar-refractivity contribution < 1.29 is 18.7 Å². The molecule has 2 rings (SSSR count). The molecule has 0 amide bonds. The highest BCUT2D eigenvalue weighted by molar-refractivity contribution is 6.09. The topological polar surface area (TPSA) is 56.5 Å². The van der Waals surface area contributed by atoms with E-state index >= 15 is 0 Å². The molecule has 0 atom stereocenters. The minimum absolute atomic E-state index is 0.219. The maximum absolute atomic E-state index is 12.0. The van der Waals surface area contributed by atoms with Crippen molar-refractivity contribution >= 4 is 11.8 Å². The lowest BCUT2D eigenvalue weighted by molar-refractivity contribution is 0.0521. The second-order valence-electron chi connectivity index (χ2n) is 4.38. The fraction of sp³-hybridized carbons (Fsp3) is 0.250. The number of carbonyl (C=O) groups excluding carboxylic acids is 2. The number of Topliss-reactive ketones (excluding diaryl/α,β-unsaturated/α-hetero) is 1. The lowest BCUT2D eigenvalue weighted by atomic mass is 10.0. The predicted molar refractivity (Wildman–Crippen MR) is 74.8 cm³/mol. The highest BCUT2D eigenvalue weighted by Crippen LogP contribution is 2.32. The first-order valence-corrected chi connectivity index (χ1v) is 6.43. The standard InChI is InChI=1S/C16H16O4/c1-4-19-16(18)14-11(3)20-15(13(14)10(2)17)12-8-6-5-7-9-12/h5-9H,4H2,1-3H3. The van der Waals surface area contributed by atoms with Gasteiger partial charge in [0.25, 0.3) is 0 Å². The predicted octanol–water partition coefficient (Wildman–Crippen LogP) is 3.63. The van der Waals surface area contributed by atoms with Gasteiger partial charge in [-0.2, -0.15) is 0 Å². The Morgan fingerprint density at radius 2 is 1.80 bits per heavy atom. The third-order valence-electron chi connectivity index (χ3n) is 2.95. The Hall–Kier alpha value is -2.36. The first kappa shape index (κ1) is 14.1. The van der Waals surface area contributed by atoms with Gasteiger partial charge in [0.1, 0.15) is 17.1 Å². The largest absolute Gasteiger partial charge is 0.462 e. The third kappa shape index (κ3) is 2.50. The van der Waals surface area contributed by atoms with Gasteiger partial charge in [-0.1, -0.05) is 30.3 Å². The zero-order valence-corrected chi connectivity index (χ0v) is 11.7. The number of ketones is 1. The monoisotopic (exact) mass is 272 g/mol. The van der Waals surface area contributed by atoms with Crippen molar-refractivity contribution in [2.75, 3.05) is 6.61 Å². The van der Waals surface area contributed by atoms with E-state index in [1.165, 1.54) is 6.92 Å². The normalized spacial score (nSPS) is 10.3. The van der Waals surface area contributed by atoms with E-state index in [0.717, 1.165) is 5.56 Å². The van der Waals surface area contributed by atoms with Gasteiger partial charge in [-0.05, 0) is 20.8 Å². The van der Waals surface area contributed by atoms with Gasteiger partial charge in [-0.15, -0.1) is 0 Å². The van der Waals surface area contributed by atoms with Crippen LogP contribution >= 0.6 is 0 Å². The maximum Gasteiger partial charge on any atom is 0.342 e. The molecule has 4 heteroatoms. The fourth-order valence-electron chi connectivity index (χ4n) is 2.12. The zero-order valence-electron chi connectivity index (χ0n) is 11.7. The first-order valence-electron chi connectivity index (χ1n) is 6.43. The summed E-state index contributed by atoms with van der Waals surface area (Å²) in [5.74, 6) is 0.0658. The summed E-state index contributed by atoms with van der Waals surface area (Å²) >= 11 is 0. The Morgan fingerprint density at radius 3 is 2.35 bits per heavy atom. The number of rotatable bonds is 4. The van der Waals surface area contributed by atoms with Crippen LogP contribution in [0.2, 0.25) is 0 Å². The molecule has 4 nitrogen and oxygen atoms in total. The van der Waals surface area contributed by atoms with Crippen molar-refractivity contribution in [1.82, 2.24) is 0 Å². The number of furan rings is 1. The van der Waals surface area contributed by atoms with E-state index in [1.54, 1.807) is 13.8 Å². The van der Waals surface area contributed by atoms with Gasteiger partial charge in [0, 0.05) is 5.56 Å². The molecule has 0 bridgehead atoms. The quantitative estimate of drug-likeness (QED) is 0.630.